The summed E-state index contributed by atoms with van der Waals surface area (Å²) in [6, 6.07) is 0. The molecule has 0 aromatic heterocycles. The Hall–Kier alpha value is -0.570. The van der Waals surface area contributed by atoms with Crippen LogP contribution in [0, 0.1) is 17.8 Å². The lowest BCUT2D eigenvalue weighted by Crippen LogP contribution is -2.46. The van der Waals surface area contributed by atoms with Gasteiger partial charge in [-0.15, -0.1) is 0 Å². The Labute approximate surface area is 91.8 Å². The molecule has 3 nitrogen and oxygen atoms in total. The third-order valence-electron chi connectivity index (χ3n) is 4.04. The zero-order valence-electron chi connectivity index (χ0n) is 10.1. The van der Waals surface area contributed by atoms with Crippen molar-refractivity contribution < 1.29 is 14.6 Å². The minimum Gasteiger partial charge on any atom is -0.469 e. The Morgan fingerprint density at radius 3 is 2.53 bits per heavy atom. The van der Waals surface area contributed by atoms with Crippen molar-refractivity contribution in [1.82, 2.24) is 0 Å². The second-order valence-electron chi connectivity index (χ2n) is 5.05. The molecule has 1 saturated carbocycles. The number of ether oxygens (including phenoxy) is 1. The van der Waals surface area contributed by atoms with Crippen LogP contribution in [0.25, 0.3) is 0 Å². The number of carbonyl (C=O) groups is 1. The third-order valence-corrected chi connectivity index (χ3v) is 4.04. The SMILES string of the molecule is COC(=O)C(C)C1(O)CCC(C)C(C)C1. The molecule has 0 bridgehead atoms. The summed E-state index contributed by atoms with van der Waals surface area (Å²) in [5.41, 5.74) is -0.862. The van der Waals surface area contributed by atoms with Gasteiger partial charge in [0.15, 0.2) is 0 Å². The normalized spacial score (nSPS) is 38.5. The summed E-state index contributed by atoms with van der Waals surface area (Å²) in [5, 5.41) is 10.4. The summed E-state index contributed by atoms with van der Waals surface area (Å²) in [6.07, 6.45) is 2.39. The second-order valence-corrected chi connectivity index (χ2v) is 5.05. The largest absolute Gasteiger partial charge is 0.469 e. The molecule has 1 N–H and O–H groups in total. The minimum atomic E-state index is -0.862. The number of hydrogen-bond donors (Lipinski definition) is 1. The summed E-state index contributed by atoms with van der Waals surface area (Å²) in [4.78, 5) is 11.4. The highest BCUT2D eigenvalue weighted by molar-refractivity contribution is 5.73. The molecule has 0 heterocycles. The molecule has 0 aromatic rings. The van der Waals surface area contributed by atoms with Crippen LogP contribution in [0.1, 0.15) is 40.0 Å². The summed E-state index contributed by atoms with van der Waals surface area (Å²) in [5.74, 6) is 0.377. The Morgan fingerprint density at radius 1 is 1.47 bits per heavy atom. The molecule has 88 valence electrons. The first kappa shape index (κ1) is 12.5. The van der Waals surface area contributed by atoms with E-state index in [0.29, 0.717) is 24.7 Å². The highest BCUT2D eigenvalue weighted by atomic mass is 16.5. The van der Waals surface area contributed by atoms with Crippen molar-refractivity contribution in [1.29, 1.82) is 0 Å². The summed E-state index contributed by atoms with van der Waals surface area (Å²) >= 11 is 0. The van der Waals surface area contributed by atoms with Crippen molar-refractivity contribution in [2.24, 2.45) is 17.8 Å². The highest BCUT2D eigenvalue weighted by Crippen LogP contribution is 2.40. The zero-order chi connectivity index (χ0) is 11.6. The van der Waals surface area contributed by atoms with Gasteiger partial charge >= 0.3 is 5.97 Å². The van der Waals surface area contributed by atoms with Gasteiger partial charge in [-0.3, -0.25) is 4.79 Å². The van der Waals surface area contributed by atoms with Gasteiger partial charge in [-0.2, -0.15) is 0 Å². The van der Waals surface area contributed by atoms with E-state index in [0.717, 1.165) is 6.42 Å². The predicted octanol–water partition coefficient (Wildman–Crippen LogP) is 1.98. The van der Waals surface area contributed by atoms with Gasteiger partial charge in [0.25, 0.3) is 0 Å². The molecule has 0 aliphatic heterocycles. The Morgan fingerprint density at radius 2 is 2.07 bits per heavy atom. The molecule has 4 atom stereocenters. The molecule has 15 heavy (non-hydrogen) atoms. The lowest BCUT2D eigenvalue weighted by Gasteiger charge is -2.41. The predicted molar refractivity (Wildman–Crippen MR) is 58.3 cm³/mol. The molecular formula is C12H22O3. The molecule has 0 spiro atoms. The van der Waals surface area contributed by atoms with E-state index in [2.05, 4.69) is 13.8 Å². The van der Waals surface area contributed by atoms with Crippen LogP contribution in [-0.2, 0) is 9.53 Å². The molecule has 3 heteroatoms. The Bertz CT molecular complexity index is 239. The van der Waals surface area contributed by atoms with Gasteiger partial charge in [-0.1, -0.05) is 13.8 Å². The van der Waals surface area contributed by atoms with Gasteiger partial charge in [0.1, 0.15) is 0 Å². The van der Waals surface area contributed by atoms with E-state index in [4.69, 9.17) is 4.74 Å². The van der Waals surface area contributed by atoms with Gasteiger partial charge in [-0.25, -0.2) is 0 Å². The molecule has 0 aromatic carbocycles. The van der Waals surface area contributed by atoms with Gasteiger partial charge in [-0.05, 0) is 38.0 Å². The number of aliphatic hydroxyl groups is 1. The molecular weight excluding hydrogens is 192 g/mol. The average Bonchev–Trinajstić information content (AvgIpc) is 2.22. The van der Waals surface area contributed by atoms with Gasteiger partial charge in [0.05, 0.1) is 18.6 Å². The summed E-state index contributed by atoms with van der Waals surface area (Å²) in [6.45, 7) is 6.10. The number of esters is 1. The molecule has 1 rings (SSSR count). The third kappa shape index (κ3) is 2.51. The Balaban J connectivity index is 2.71. The van der Waals surface area contributed by atoms with Crippen LogP contribution in [0.2, 0.25) is 0 Å². The number of hydrogen-bond acceptors (Lipinski definition) is 3. The molecule has 1 aliphatic rings. The lowest BCUT2D eigenvalue weighted by molar-refractivity contribution is -0.159. The van der Waals surface area contributed by atoms with Crippen LogP contribution in [0.4, 0.5) is 0 Å². The van der Waals surface area contributed by atoms with E-state index < -0.39 is 11.5 Å². The summed E-state index contributed by atoms with van der Waals surface area (Å²) in [7, 11) is 1.37. The first-order chi connectivity index (χ1) is 6.90. The first-order valence-electron chi connectivity index (χ1n) is 5.71. The number of methoxy groups -OCH3 is 1. The molecule has 0 saturated heterocycles. The molecule has 0 amide bonds. The van der Waals surface area contributed by atoms with Crippen LogP contribution in [0.5, 0.6) is 0 Å². The van der Waals surface area contributed by atoms with E-state index in [1.807, 2.05) is 0 Å². The van der Waals surface area contributed by atoms with E-state index in [9.17, 15) is 9.90 Å². The standard InChI is InChI=1S/C12H22O3/c1-8-5-6-12(14,7-9(8)2)10(3)11(13)15-4/h8-10,14H,5-7H2,1-4H3. The van der Waals surface area contributed by atoms with Crippen molar-refractivity contribution in [3.8, 4) is 0 Å². The van der Waals surface area contributed by atoms with Crippen LogP contribution >= 0.6 is 0 Å². The van der Waals surface area contributed by atoms with Gasteiger partial charge in [0, 0.05) is 0 Å². The monoisotopic (exact) mass is 214 g/mol. The molecule has 0 radical (unpaired) electrons. The average molecular weight is 214 g/mol. The smallest absolute Gasteiger partial charge is 0.311 e. The van der Waals surface area contributed by atoms with E-state index in [-0.39, 0.29) is 5.97 Å². The fraction of sp³-hybridized carbons (Fsp3) is 0.917. The maximum atomic E-state index is 11.4. The van der Waals surface area contributed by atoms with E-state index in [1.165, 1.54) is 7.11 Å². The maximum absolute atomic E-state index is 11.4. The van der Waals surface area contributed by atoms with Crippen molar-refractivity contribution in [3.63, 3.8) is 0 Å². The molecule has 1 aliphatic carbocycles. The molecule has 4 unspecified atom stereocenters. The van der Waals surface area contributed by atoms with E-state index >= 15 is 0 Å². The van der Waals surface area contributed by atoms with Crippen LogP contribution in [0.15, 0.2) is 0 Å². The van der Waals surface area contributed by atoms with Crippen LogP contribution < -0.4 is 0 Å². The maximum Gasteiger partial charge on any atom is 0.311 e. The quantitative estimate of drug-likeness (QED) is 0.715. The fourth-order valence-electron chi connectivity index (χ4n) is 2.41. The first-order valence-corrected chi connectivity index (χ1v) is 5.71. The topological polar surface area (TPSA) is 46.5 Å². The van der Waals surface area contributed by atoms with E-state index in [1.54, 1.807) is 6.92 Å². The zero-order valence-corrected chi connectivity index (χ0v) is 10.1. The van der Waals surface area contributed by atoms with Crippen molar-refractivity contribution in [2.75, 3.05) is 7.11 Å². The number of rotatable bonds is 2. The highest BCUT2D eigenvalue weighted by Gasteiger charge is 2.43. The fourth-order valence-corrected chi connectivity index (χ4v) is 2.41. The van der Waals surface area contributed by atoms with Crippen LogP contribution in [0.3, 0.4) is 0 Å². The van der Waals surface area contributed by atoms with Crippen LogP contribution in [-0.4, -0.2) is 23.8 Å². The Kier molecular flexibility index (Phi) is 3.77. The molecule has 1 fully saturated rings. The van der Waals surface area contributed by atoms with Crippen molar-refractivity contribution >= 4 is 5.97 Å². The van der Waals surface area contributed by atoms with Gasteiger partial charge in [0.2, 0.25) is 0 Å². The van der Waals surface area contributed by atoms with Gasteiger partial charge < -0.3 is 9.84 Å². The summed E-state index contributed by atoms with van der Waals surface area (Å²) < 4.78 is 4.69. The second kappa shape index (κ2) is 4.52. The lowest BCUT2D eigenvalue weighted by atomic mass is 9.68. The van der Waals surface area contributed by atoms with Crippen molar-refractivity contribution in [2.45, 2.75) is 45.6 Å². The minimum absolute atomic E-state index is 0.306. The van der Waals surface area contributed by atoms with Crippen molar-refractivity contribution in [3.05, 3.63) is 0 Å². The number of carbonyl (C=O) groups excluding carboxylic acids is 1.